The molecule has 0 amide bonds. The van der Waals surface area contributed by atoms with E-state index in [2.05, 4.69) is 25.7 Å². The molecule has 6 heteroatoms. The lowest BCUT2D eigenvalue weighted by Gasteiger charge is -2.26. The van der Waals surface area contributed by atoms with Crippen LogP contribution in [0, 0.1) is 0 Å². The number of rotatable bonds is 4. The molecule has 1 aliphatic rings. The van der Waals surface area contributed by atoms with Gasteiger partial charge in [0.15, 0.2) is 0 Å². The Bertz CT molecular complexity index is 1090. The van der Waals surface area contributed by atoms with Crippen LogP contribution in [0.4, 0.5) is 0 Å². The number of nitrogens with zero attached hydrogens (tertiary/aromatic N) is 1. The second kappa shape index (κ2) is 8.13. The molecular formula is C24H27NO5. The number of phenolic OH excluding ortho intramolecular Hbond substituents is 1. The summed E-state index contributed by atoms with van der Waals surface area (Å²) in [5, 5.41) is 10.8. The number of aromatic hydroxyl groups is 1. The molecule has 4 rings (SSSR count). The fraction of sp³-hybridized carbons (Fsp3) is 0.375. The van der Waals surface area contributed by atoms with Crippen molar-refractivity contribution in [3.05, 3.63) is 64.0 Å². The monoisotopic (exact) mass is 409 g/mol. The molecule has 1 N–H and O–H groups in total. The maximum atomic E-state index is 13.0. The first kappa shape index (κ1) is 20.4. The van der Waals surface area contributed by atoms with Gasteiger partial charge in [-0.2, -0.15) is 0 Å². The Morgan fingerprint density at radius 1 is 1.07 bits per heavy atom. The van der Waals surface area contributed by atoms with Gasteiger partial charge in [0.1, 0.15) is 23.3 Å². The van der Waals surface area contributed by atoms with Gasteiger partial charge in [-0.25, -0.2) is 0 Å². The average Bonchev–Trinajstić information content (AvgIpc) is 2.72. The smallest absolute Gasteiger partial charge is 0.235 e. The van der Waals surface area contributed by atoms with Gasteiger partial charge < -0.3 is 19.0 Å². The summed E-state index contributed by atoms with van der Waals surface area (Å²) in [6, 6.07) is 10.8. The van der Waals surface area contributed by atoms with E-state index in [9.17, 15) is 9.90 Å². The minimum atomic E-state index is -0.264. The molecule has 2 heterocycles. The van der Waals surface area contributed by atoms with Gasteiger partial charge in [-0.05, 0) is 35.2 Å². The number of phenols is 1. The third kappa shape index (κ3) is 4.20. The number of fused-ring (bicyclic) bond motifs is 1. The highest BCUT2D eigenvalue weighted by atomic mass is 16.5. The highest BCUT2D eigenvalue weighted by Gasteiger charge is 2.19. The highest BCUT2D eigenvalue weighted by Crippen LogP contribution is 2.30. The second-order valence-corrected chi connectivity index (χ2v) is 8.63. The van der Waals surface area contributed by atoms with Gasteiger partial charge in [-0.3, -0.25) is 9.69 Å². The minimum Gasteiger partial charge on any atom is -0.507 e. The van der Waals surface area contributed by atoms with Gasteiger partial charge >= 0.3 is 0 Å². The lowest BCUT2D eigenvalue weighted by Crippen LogP contribution is -2.35. The Morgan fingerprint density at radius 2 is 1.77 bits per heavy atom. The minimum absolute atomic E-state index is 0.0411. The Morgan fingerprint density at radius 3 is 2.43 bits per heavy atom. The quantitative estimate of drug-likeness (QED) is 0.688. The van der Waals surface area contributed by atoms with E-state index in [1.807, 2.05) is 24.3 Å². The SMILES string of the molecule is CC(C)(C)c1ccc(Oc2coc3c(CN4CCOCC4)c(O)ccc3c2=O)cc1. The molecule has 158 valence electrons. The fourth-order valence-corrected chi connectivity index (χ4v) is 3.59. The van der Waals surface area contributed by atoms with Gasteiger partial charge in [0.2, 0.25) is 11.2 Å². The van der Waals surface area contributed by atoms with Crippen molar-refractivity contribution in [2.75, 3.05) is 26.3 Å². The molecule has 0 radical (unpaired) electrons. The molecule has 1 aliphatic heterocycles. The van der Waals surface area contributed by atoms with E-state index in [1.54, 1.807) is 6.07 Å². The summed E-state index contributed by atoms with van der Waals surface area (Å²) in [4.78, 5) is 15.2. The van der Waals surface area contributed by atoms with Crippen molar-refractivity contribution in [2.24, 2.45) is 0 Å². The first-order chi connectivity index (χ1) is 14.3. The van der Waals surface area contributed by atoms with Gasteiger partial charge in [0.05, 0.1) is 24.2 Å². The van der Waals surface area contributed by atoms with E-state index in [4.69, 9.17) is 13.9 Å². The lowest BCUT2D eigenvalue weighted by atomic mass is 9.87. The molecule has 0 unspecified atom stereocenters. The maximum absolute atomic E-state index is 13.0. The third-order valence-electron chi connectivity index (χ3n) is 5.42. The molecule has 0 atom stereocenters. The highest BCUT2D eigenvalue weighted by molar-refractivity contribution is 5.83. The second-order valence-electron chi connectivity index (χ2n) is 8.63. The van der Waals surface area contributed by atoms with Crippen LogP contribution < -0.4 is 10.2 Å². The molecule has 0 aliphatic carbocycles. The molecule has 0 saturated carbocycles. The number of benzene rings is 2. The van der Waals surface area contributed by atoms with Crippen LogP contribution in [-0.2, 0) is 16.7 Å². The largest absolute Gasteiger partial charge is 0.507 e. The number of ether oxygens (including phenoxy) is 2. The summed E-state index contributed by atoms with van der Waals surface area (Å²) in [6.45, 7) is 9.77. The summed E-state index contributed by atoms with van der Waals surface area (Å²) in [5.41, 5.74) is 1.96. The van der Waals surface area contributed by atoms with Gasteiger partial charge in [0, 0.05) is 19.6 Å². The van der Waals surface area contributed by atoms with E-state index >= 15 is 0 Å². The number of hydrogen-bond donors (Lipinski definition) is 1. The fourth-order valence-electron chi connectivity index (χ4n) is 3.59. The maximum Gasteiger partial charge on any atom is 0.235 e. The normalized spacial score (nSPS) is 15.4. The van der Waals surface area contributed by atoms with Crippen LogP contribution in [-0.4, -0.2) is 36.3 Å². The molecule has 1 fully saturated rings. The van der Waals surface area contributed by atoms with Crippen molar-refractivity contribution in [1.82, 2.24) is 4.90 Å². The van der Waals surface area contributed by atoms with Crippen molar-refractivity contribution in [3.63, 3.8) is 0 Å². The van der Waals surface area contributed by atoms with Gasteiger partial charge in [0.25, 0.3) is 0 Å². The molecule has 30 heavy (non-hydrogen) atoms. The van der Waals surface area contributed by atoms with E-state index in [0.717, 1.165) is 13.1 Å². The molecule has 1 aromatic heterocycles. The Kier molecular flexibility index (Phi) is 5.54. The molecule has 2 aromatic carbocycles. The first-order valence-electron chi connectivity index (χ1n) is 10.2. The average molecular weight is 409 g/mol. The summed E-state index contributed by atoms with van der Waals surface area (Å²) in [6.07, 6.45) is 1.32. The van der Waals surface area contributed by atoms with Crippen LogP contribution in [0.2, 0.25) is 0 Å². The molecule has 6 nitrogen and oxygen atoms in total. The van der Waals surface area contributed by atoms with Crippen LogP contribution >= 0.6 is 0 Å². The summed E-state index contributed by atoms with van der Waals surface area (Å²) in [7, 11) is 0. The Balaban J connectivity index is 1.64. The standard InChI is InChI=1S/C24H27NO5/c1-24(2,3)16-4-6-17(7-5-16)30-21-15-29-23-18(22(21)27)8-9-20(26)19(23)14-25-10-12-28-13-11-25/h4-9,15,26H,10-14H2,1-3H3. The van der Waals surface area contributed by atoms with Crippen molar-refractivity contribution < 1.29 is 19.0 Å². The van der Waals surface area contributed by atoms with Crippen LogP contribution in [0.15, 0.2) is 51.9 Å². The third-order valence-corrected chi connectivity index (χ3v) is 5.42. The van der Waals surface area contributed by atoms with E-state index in [1.165, 1.54) is 17.9 Å². The number of morpholine rings is 1. The van der Waals surface area contributed by atoms with E-state index < -0.39 is 0 Å². The molecule has 0 spiro atoms. The molecule has 0 bridgehead atoms. The predicted octanol–water partition coefficient (Wildman–Crippen LogP) is 4.42. The molecular weight excluding hydrogens is 382 g/mol. The molecule has 1 saturated heterocycles. The van der Waals surface area contributed by atoms with Crippen LogP contribution in [0.5, 0.6) is 17.2 Å². The van der Waals surface area contributed by atoms with E-state index in [-0.39, 0.29) is 22.3 Å². The topological polar surface area (TPSA) is 72.1 Å². The molecule has 3 aromatic rings. The summed E-state index contributed by atoms with van der Waals surface area (Å²) < 4.78 is 17.0. The van der Waals surface area contributed by atoms with Crippen molar-refractivity contribution >= 4 is 11.0 Å². The van der Waals surface area contributed by atoms with Gasteiger partial charge in [-0.15, -0.1) is 0 Å². The van der Waals surface area contributed by atoms with Crippen LogP contribution in [0.3, 0.4) is 0 Å². The number of hydrogen-bond acceptors (Lipinski definition) is 6. The predicted molar refractivity (Wildman–Crippen MR) is 115 cm³/mol. The summed E-state index contributed by atoms with van der Waals surface area (Å²) in [5.74, 6) is 0.805. The Hall–Kier alpha value is -2.83. The zero-order chi connectivity index (χ0) is 21.3. The van der Waals surface area contributed by atoms with Crippen LogP contribution in [0.25, 0.3) is 11.0 Å². The zero-order valence-corrected chi connectivity index (χ0v) is 17.6. The van der Waals surface area contributed by atoms with E-state index in [0.29, 0.717) is 42.0 Å². The van der Waals surface area contributed by atoms with Crippen molar-refractivity contribution in [2.45, 2.75) is 32.7 Å². The van der Waals surface area contributed by atoms with Gasteiger partial charge in [-0.1, -0.05) is 32.9 Å². The zero-order valence-electron chi connectivity index (χ0n) is 17.6. The lowest BCUT2D eigenvalue weighted by molar-refractivity contribution is 0.0339. The van der Waals surface area contributed by atoms with Crippen molar-refractivity contribution in [1.29, 1.82) is 0 Å². The van der Waals surface area contributed by atoms with Crippen molar-refractivity contribution in [3.8, 4) is 17.2 Å². The van der Waals surface area contributed by atoms with Crippen LogP contribution in [0.1, 0.15) is 31.9 Å². The Labute approximate surface area is 175 Å². The summed E-state index contributed by atoms with van der Waals surface area (Å²) >= 11 is 0. The first-order valence-corrected chi connectivity index (χ1v) is 10.2.